The number of rotatable bonds is 6. The summed E-state index contributed by atoms with van der Waals surface area (Å²) in [4.78, 5) is 21.9. The lowest BCUT2D eigenvalue weighted by Crippen LogP contribution is -2.36. The third kappa shape index (κ3) is 3.27. The molecule has 0 bridgehead atoms. The van der Waals surface area contributed by atoms with Crippen molar-refractivity contribution in [2.24, 2.45) is 5.73 Å². The summed E-state index contributed by atoms with van der Waals surface area (Å²) in [6.07, 6.45) is 1.94. The largest absolute Gasteiger partial charge is 0.481 e. The number of aliphatic carboxylic acids is 1. The van der Waals surface area contributed by atoms with Crippen LogP contribution in [0.2, 0.25) is 0 Å². The number of nitrogens with one attached hydrogen (secondary N) is 1. The molecule has 1 unspecified atom stereocenters. The molecule has 8 heteroatoms. The SMILES string of the molecule is NC(CCC(=O)O)C(=O)Nc1nnc(C2CC2)o1. The van der Waals surface area contributed by atoms with E-state index in [0.717, 1.165) is 12.8 Å². The van der Waals surface area contributed by atoms with Crippen molar-refractivity contribution in [1.29, 1.82) is 0 Å². The van der Waals surface area contributed by atoms with Crippen LogP contribution >= 0.6 is 0 Å². The number of carbonyl (C=O) groups is 2. The van der Waals surface area contributed by atoms with Crippen LogP contribution in [-0.2, 0) is 9.59 Å². The highest BCUT2D eigenvalue weighted by Gasteiger charge is 2.29. The van der Waals surface area contributed by atoms with E-state index in [1.54, 1.807) is 0 Å². The number of carboxylic acid groups (broad SMARTS) is 1. The van der Waals surface area contributed by atoms with Crippen LogP contribution in [-0.4, -0.2) is 33.2 Å². The van der Waals surface area contributed by atoms with Gasteiger partial charge in [-0.25, -0.2) is 0 Å². The highest BCUT2D eigenvalue weighted by molar-refractivity contribution is 5.93. The molecule has 1 saturated carbocycles. The lowest BCUT2D eigenvalue weighted by molar-refractivity contribution is -0.137. The maximum Gasteiger partial charge on any atom is 0.322 e. The van der Waals surface area contributed by atoms with Crippen molar-refractivity contribution in [1.82, 2.24) is 10.2 Å². The topological polar surface area (TPSA) is 131 Å². The predicted molar refractivity (Wildman–Crippen MR) is 59.7 cm³/mol. The maximum atomic E-state index is 11.6. The summed E-state index contributed by atoms with van der Waals surface area (Å²) in [5.41, 5.74) is 5.53. The summed E-state index contributed by atoms with van der Waals surface area (Å²) in [6, 6.07) is -0.898. The Morgan fingerprint density at radius 3 is 2.83 bits per heavy atom. The Labute approximate surface area is 103 Å². The van der Waals surface area contributed by atoms with Crippen LogP contribution in [0.5, 0.6) is 0 Å². The predicted octanol–water partition coefficient (Wildman–Crippen LogP) is 0.0776. The number of hydrogen-bond donors (Lipinski definition) is 3. The minimum absolute atomic E-state index is 0.00711. The Kier molecular flexibility index (Phi) is 3.56. The summed E-state index contributed by atoms with van der Waals surface area (Å²) < 4.78 is 5.23. The molecule has 1 amide bonds. The van der Waals surface area contributed by atoms with E-state index >= 15 is 0 Å². The van der Waals surface area contributed by atoms with E-state index in [0.29, 0.717) is 11.8 Å². The molecule has 1 atom stereocenters. The summed E-state index contributed by atoms with van der Waals surface area (Å²) in [7, 11) is 0. The zero-order chi connectivity index (χ0) is 13.1. The third-order valence-electron chi connectivity index (χ3n) is 2.60. The fourth-order valence-corrected chi connectivity index (χ4v) is 1.39. The van der Waals surface area contributed by atoms with E-state index in [9.17, 15) is 9.59 Å². The molecular weight excluding hydrogens is 240 g/mol. The highest BCUT2D eigenvalue weighted by Crippen LogP contribution is 2.39. The lowest BCUT2D eigenvalue weighted by Gasteiger charge is -2.07. The molecule has 2 rings (SSSR count). The first-order valence-electron chi connectivity index (χ1n) is 5.68. The van der Waals surface area contributed by atoms with Crippen molar-refractivity contribution in [3.05, 3.63) is 5.89 Å². The Morgan fingerprint density at radius 1 is 1.50 bits per heavy atom. The van der Waals surface area contributed by atoms with Gasteiger partial charge in [0.2, 0.25) is 11.8 Å². The van der Waals surface area contributed by atoms with Gasteiger partial charge in [-0.3, -0.25) is 14.9 Å². The average molecular weight is 254 g/mol. The zero-order valence-electron chi connectivity index (χ0n) is 9.63. The van der Waals surface area contributed by atoms with Gasteiger partial charge in [0.05, 0.1) is 6.04 Å². The number of nitrogens with two attached hydrogens (primary N) is 1. The van der Waals surface area contributed by atoms with Gasteiger partial charge in [0.1, 0.15) is 0 Å². The van der Waals surface area contributed by atoms with Crippen molar-refractivity contribution in [3.63, 3.8) is 0 Å². The molecule has 98 valence electrons. The molecule has 1 fully saturated rings. The molecule has 0 saturated heterocycles. The number of nitrogens with zero attached hydrogens (tertiary/aromatic N) is 2. The van der Waals surface area contributed by atoms with Crippen LogP contribution in [0.1, 0.15) is 37.5 Å². The molecule has 18 heavy (non-hydrogen) atoms. The van der Waals surface area contributed by atoms with Crippen molar-refractivity contribution >= 4 is 17.9 Å². The van der Waals surface area contributed by atoms with Crippen molar-refractivity contribution in [3.8, 4) is 0 Å². The monoisotopic (exact) mass is 254 g/mol. The Bertz CT molecular complexity index is 454. The van der Waals surface area contributed by atoms with Crippen molar-refractivity contribution in [2.45, 2.75) is 37.6 Å². The van der Waals surface area contributed by atoms with E-state index in [2.05, 4.69) is 15.5 Å². The van der Waals surface area contributed by atoms with Gasteiger partial charge in [0.15, 0.2) is 0 Å². The van der Waals surface area contributed by atoms with Crippen LogP contribution in [0.4, 0.5) is 6.01 Å². The second kappa shape index (κ2) is 5.13. The van der Waals surface area contributed by atoms with E-state index < -0.39 is 17.9 Å². The van der Waals surface area contributed by atoms with Crippen LogP contribution in [0, 0.1) is 0 Å². The molecule has 1 aromatic heterocycles. The minimum Gasteiger partial charge on any atom is -0.481 e. The molecule has 1 aliphatic rings. The zero-order valence-corrected chi connectivity index (χ0v) is 9.63. The first-order chi connectivity index (χ1) is 8.56. The Balaban J connectivity index is 1.83. The fourth-order valence-electron chi connectivity index (χ4n) is 1.39. The molecule has 1 aromatic rings. The molecule has 0 aromatic carbocycles. The van der Waals surface area contributed by atoms with Gasteiger partial charge >= 0.3 is 12.0 Å². The number of aromatic nitrogens is 2. The van der Waals surface area contributed by atoms with Crippen molar-refractivity contribution in [2.75, 3.05) is 5.32 Å². The van der Waals surface area contributed by atoms with E-state index in [1.165, 1.54) is 0 Å². The van der Waals surface area contributed by atoms with Crippen LogP contribution in [0.25, 0.3) is 0 Å². The van der Waals surface area contributed by atoms with Crippen LogP contribution in [0.3, 0.4) is 0 Å². The molecule has 0 spiro atoms. The van der Waals surface area contributed by atoms with Gasteiger partial charge in [-0.15, -0.1) is 5.10 Å². The first-order valence-corrected chi connectivity index (χ1v) is 5.68. The van der Waals surface area contributed by atoms with Gasteiger partial charge in [0, 0.05) is 12.3 Å². The second-order valence-electron chi connectivity index (χ2n) is 4.25. The third-order valence-corrected chi connectivity index (χ3v) is 2.60. The van der Waals surface area contributed by atoms with E-state index in [-0.39, 0.29) is 18.9 Å². The van der Waals surface area contributed by atoms with Gasteiger partial charge in [-0.1, -0.05) is 5.10 Å². The fraction of sp³-hybridized carbons (Fsp3) is 0.600. The summed E-state index contributed by atoms with van der Waals surface area (Å²) in [5, 5.41) is 18.3. The summed E-state index contributed by atoms with van der Waals surface area (Å²) in [5.74, 6) is -0.692. The number of anilines is 1. The van der Waals surface area contributed by atoms with Crippen LogP contribution < -0.4 is 11.1 Å². The lowest BCUT2D eigenvalue weighted by atomic mass is 10.1. The number of hydrogen-bond acceptors (Lipinski definition) is 6. The van der Waals surface area contributed by atoms with Gasteiger partial charge in [-0.05, 0) is 19.3 Å². The standard InChI is InChI=1S/C10H14N4O4/c11-6(3-4-7(15)16)8(17)12-10-14-13-9(18-10)5-1-2-5/h5-6H,1-4,11H2,(H,15,16)(H,12,14,17). The second-order valence-corrected chi connectivity index (χ2v) is 4.25. The van der Waals surface area contributed by atoms with Gasteiger partial charge in [0.25, 0.3) is 0 Å². The quantitative estimate of drug-likeness (QED) is 0.654. The Hall–Kier alpha value is -1.96. The normalized spacial score (nSPS) is 16.3. The summed E-state index contributed by atoms with van der Waals surface area (Å²) >= 11 is 0. The van der Waals surface area contributed by atoms with Gasteiger partial charge < -0.3 is 15.3 Å². The smallest absolute Gasteiger partial charge is 0.322 e. The van der Waals surface area contributed by atoms with E-state index in [4.69, 9.17) is 15.3 Å². The molecule has 4 N–H and O–H groups in total. The number of amides is 1. The molecule has 1 aliphatic carbocycles. The average Bonchev–Trinajstić information content (AvgIpc) is 3.07. The Morgan fingerprint density at radius 2 is 2.22 bits per heavy atom. The van der Waals surface area contributed by atoms with E-state index in [1.807, 2.05) is 0 Å². The first kappa shape index (κ1) is 12.5. The highest BCUT2D eigenvalue weighted by atomic mass is 16.4. The number of carbonyl (C=O) groups excluding carboxylic acids is 1. The molecular formula is C10H14N4O4. The minimum atomic E-state index is -0.993. The maximum absolute atomic E-state index is 11.6. The van der Waals surface area contributed by atoms with Crippen LogP contribution in [0.15, 0.2) is 4.42 Å². The molecule has 1 heterocycles. The summed E-state index contributed by atoms with van der Waals surface area (Å²) in [6.45, 7) is 0. The molecule has 0 aliphatic heterocycles. The number of carboxylic acids is 1. The molecule has 8 nitrogen and oxygen atoms in total. The van der Waals surface area contributed by atoms with Gasteiger partial charge in [-0.2, -0.15) is 0 Å². The molecule has 0 radical (unpaired) electrons. The van der Waals surface area contributed by atoms with Crippen molar-refractivity contribution < 1.29 is 19.1 Å².